The molecule has 4 heteroatoms. The quantitative estimate of drug-likeness (QED) is 0.533. The van der Waals surface area contributed by atoms with Crippen LogP contribution in [0.15, 0.2) is 12.4 Å². The van der Waals surface area contributed by atoms with Gasteiger partial charge in [0.1, 0.15) is 6.61 Å². The minimum Gasteiger partial charge on any atom is -0.489 e. The van der Waals surface area contributed by atoms with Gasteiger partial charge in [0.05, 0.1) is 18.9 Å². The normalized spacial score (nSPS) is 9.87. The van der Waals surface area contributed by atoms with E-state index in [2.05, 4.69) is 23.3 Å². The smallest absolute Gasteiger partial charge is 0.157 e. The first-order chi connectivity index (χ1) is 7.36. The van der Waals surface area contributed by atoms with Crippen molar-refractivity contribution in [1.82, 2.24) is 15.1 Å². The van der Waals surface area contributed by atoms with E-state index in [1.807, 2.05) is 10.9 Å². The summed E-state index contributed by atoms with van der Waals surface area (Å²) >= 11 is 0. The van der Waals surface area contributed by atoms with Gasteiger partial charge in [0, 0.05) is 13.1 Å². The van der Waals surface area contributed by atoms with Gasteiger partial charge in [0.2, 0.25) is 0 Å². The zero-order valence-electron chi connectivity index (χ0n) is 9.07. The Labute approximate surface area is 90.6 Å². The molecule has 15 heavy (non-hydrogen) atoms. The number of rotatable bonds is 7. The third-order valence-electron chi connectivity index (χ3n) is 1.84. The maximum absolute atomic E-state index is 5.47. The molecule has 1 heterocycles. The second-order valence-corrected chi connectivity index (χ2v) is 3.17. The highest BCUT2D eigenvalue weighted by Crippen LogP contribution is 2.07. The number of nitrogens with zero attached hydrogens (tertiary/aromatic N) is 2. The standard InChI is InChI=1S/C11H17N3O/c1-3-5-12-6-8-15-11-9-13-14(10-11)7-4-2/h1,9-10,12H,4-8H2,2H3. The van der Waals surface area contributed by atoms with Gasteiger partial charge < -0.3 is 10.1 Å². The van der Waals surface area contributed by atoms with Crippen molar-refractivity contribution in [2.24, 2.45) is 0 Å². The zero-order chi connectivity index (χ0) is 10.9. The van der Waals surface area contributed by atoms with Crippen LogP contribution in [0.4, 0.5) is 0 Å². The molecular weight excluding hydrogens is 190 g/mol. The fraction of sp³-hybridized carbons (Fsp3) is 0.545. The second-order valence-electron chi connectivity index (χ2n) is 3.17. The van der Waals surface area contributed by atoms with Gasteiger partial charge in [-0.3, -0.25) is 4.68 Å². The van der Waals surface area contributed by atoms with Gasteiger partial charge in [0.25, 0.3) is 0 Å². The van der Waals surface area contributed by atoms with Crippen LogP contribution in [0.25, 0.3) is 0 Å². The molecule has 0 aromatic carbocycles. The lowest BCUT2D eigenvalue weighted by molar-refractivity contribution is 0.316. The van der Waals surface area contributed by atoms with E-state index in [0.29, 0.717) is 13.2 Å². The van der Waals surface area contributed by atoms with E-state index in [1.165, 1.54) is 0 Å². The Morgan fingerprint density at radius 3 is 3.27 bits per heavy atom. The molecule has 0 spiro atoms. The molecule has 0 fully saturated rings. The molecule has 1 N–H and O–H groups in total. The Kier molecular flexibility index (Phi) is 5.34. The van der Waals surface area contributed by atoms with Crippen molar-refractivity contribution in [1.29, 1.82) is 0 Å². The Morgan fingerprint density at radius 1 is 1.67 bits per heavy atom. The summed E-state index contributed by atoms with van der Waals surface area (Å²) in [5, 5.41) is 7.21. The van der Waals surface area contributed by atoms with E-state index >= 15 is 0 Å². The van der Waals surface area contributed by atoms with E-state index in [4.69, 9.17) is 11.2 Å². The third-order valence-corrected chi connectivity index (χ3v) is 1.84. The molecule has 4 nitrogen and oxygen atoms in total. The summed E-state index contributed by atoms with van der Waals surface area (Å²) in [7, 11) is 0. The summed E-state index contributed by atoms with van der Waals surface area (Å²) in [6.07, 6.45) is 9.81. The van der Waals surface area contributed by atoms with E-state index < -0.39 is 0 Å². The van der Waals surface area contributed by atoms with Crippen LogP contribution < -0.4 is 10.1 Å². The third kappa shape index (κ3) is 4.52. The summed E-state index contributed by atoms with van der Waals surface area (Å²) in [5.74, 6) is 3.32. The molecule has 82 valence electrons. The Bertz CT molecular complexity index is 314. The predicted molar refractivity (Wildman–Crippen MR) is 59.7 cm³/mol. The fourth-order valence-electron chi connectivity index (χ4n) is 1.17. The first-order valence-electron chi connectivity index (χ1n) is 5.16. The van der Waals surface area contributed by atoms with Crippen LogP contribution >= 0.6 is 0 Å². The summed E-state index contributed by atoms with van der Waals surface area (Å²) in [6, 6.07) is 0. The minimum atomic E-state index is 0.582. The molecule has 0 unspecified atom stereocenters. The highest BCUT2D eigenvalue weighted by Gasteiger charge is 1.97. The van der Waals surface area contributed by atoms with Crippen LogP contribution in [-0.2, 0) is 6.54 Å². The van der Waals surface area contributed by atoms with Crippen molar-refractivity contribution in [2.75, 3.05) is 19.7 Å². The molecular formula is C11H17N3O. The number of ether oxygens (including phenoxy) is 1. The highest BCUT2D eigenvalue weighted by atomic mass is 16.5. The van der Waals surface area contributed by atoms with Crippen LogP contribution in [0.1, 0.15) is 13.3 Å². The van der Waals surface area contributed by atoms with Crippen molar-refractivity contribution in [3.63, 3.8) is 0 Å². The fourth-order valence-corrected chi connectivity index (χ4v) is 1.17. The van der Waals surface area contributed by atoms with Crippen LogP contribution in [0.2, 0.25) is 0 Å². The zero-order valence-corrected chi connectivity index (χ0v) is 9.07. The van der Waals surface area contributed by atoms with E-state index in [0.717, 1.165) is 25.3 Å². The lowest BCUT2D eigenvalue weighted by Gasteiger charge is -2.02. The average molecular weight is 207 g/mol. The van der Waals surface area contributed by atoms with Gasteiger partial charge in [-0.25, -0.2) is 0 Å². The maximum Gasteiger partial charge on any atom is 0.157 e. The number of aromatic nitrogens is 2. The molecule has 0 amide bonds. The lowest BCUT2D eigenvalue weighted by Crippen LogP contribution is -2.20. The Morgan fingerprint density at radius 2 is 2.53 bits per heavy atom. The van der Waals surface area contributed by atoms with Gasteiger partial charge in [-0.2, -0.15) is 5.10 Å². The lowest BCUT2D eigenvalue weighted by atomic mass is 10.5. The van der Waals surface area contributed by atoms with Crippen molar-refractivity contribution < 1.29 is 4.74 Å². The molecule has 0 saturated heterocycles. The number of hydrogen-bond acceptors (Lipinski definition) is 3. The first-order valence-corrected chi connectivity index (χ1v) is 5.16. The molecule has 1 rings (SSSR count). The monoisotopic (exact) mass is 207 g/mol. The van der Waals surface area contributed by atoms with Crippen LogP contribution in [0.5, 0.6) is 5.75 Å². The van der Waals surface area contributed by atoms with Crippen LogP contribution in [-0.4, -0.2) is 29.5 Å². The number of aryl methyl sites for hydroxylation is 1. The topological polar surface area (TPSA) is 39.1 Å². The number of nitrogens with one attached hydrogen (secondary N) is 1. The number of hydrogen-bond donors (Lipinski definition) is 1. The molecule has 0 radical (unpaired) electrons. The highest BCUT2D eigenvalue weighted by molar-refractivity contribution is 5.11. The maximum atomic E-state index is 5.47. The molecule has 0 atom stereocenters. The number of terminal acetylenes is 1. The van der Waals surface area contributed by atoms with Crippen molar-refractivity contribution >= 4 is 0 Å². The van der Waals surface area contributed by atoms with Gasteiger partial charge in [-0.1, -0.05) is 12.8 Å². The van der Waals surface area contributed by atoms with Gasteiger partial charge in [0.15, 0.2) is 5.75 Å². The van der Waals surface area contributed by atoms with Gasteiger partial charge in [-0.15, -0.1) is 6.42 Å². The van der Waals surface area contributed by atoms with E-state index in [-0.39, 0.29) is 0 Å². The van der Waals surface area contributed by atoms with Crippen molar-refractivity contribution in [2.45, 2.75) is 19.9 Å². The molecule has 1 aromatic heterocycles. The summed E-state index contributed by atoms with van der Waals surface area (Å²) < 4.78 is 7.34. The van der Waals surface area contributed by atoms with Gasteiger partial charge >= 0.3 is 0 Å². The van der Waals surface area contributed by atoms with Gasteiger partial charge in [-0.05, 0) is 6.42 Å². The van der Waals surface area contributed by atoms with Crippen molar-refractivity contribution in [3.8, 4) is 18.1 Å². The van der Waals surface area contributed by atoms with Crippen molar-refractivity contribution in [3.05, 3.63) is 12.4 Å². The summed E-state index contributed by atoms with van der Waals surface area (Å²) in [6.45, 7) is 4.99. The minimum absolute atomic E-state index is 0.582. The molecule has 0 aliphatic heterocycles. The van der Waals surface area contributed by atoms with Crippen LogP contribution in [0, 0.1) is 12.3 Å². The van der Waals surface area contributed by atoms with Crippen LogP contribution in [0.3, 0.4) is 0 Å². The Hall–Kier alpha value is -1.47. The summed E-state index contributed by atoms with van der Waals surface area (Å²) in [4.78, 5) is 0. The Balaban J connectivity index is 2.17. The molecule has 0 saturated carbocycles. The molecule has 1 aromatic rings. The molecule has 0 aliphatic carbocycles. The second kappa shape index (κ2) is 6.91. The predicted octanol–water partition coefficient (Wildman–Crippen LogP) is 0.895. The summed E-state index contributed by atoms with van der Waals surface area (Å²) in [5.41, 5.74) is 0. The SMILES string of the molecule is C#CCNCCOc1cnn(CCC)c1. The van der Waals surface area contributed by atoms with E-state index in [1.54, 1.807) is 6.20 Å². The first kappa shape index (κ1) is 11.6. The molecule has 0 bridgehead atoms. The van der Waals surface area contributed by atoms with E-state index in [9.17, 15) is 0 Å². The largest absolute Gasteiger partial charge is 0.489 e. The average Bonchev–Trinajstić information content (AvgIpc) is 2.66. The molecule has 0 aliphatic rings.